The second-order valence-electron chi connectivity index (χ2n) is 5.37. The van der Waals surface area contributed by atoms with Crippen LogP contribution in [0.4, 0.5) is 0 Å². The van der Waals surface area contributed by atoms with Gasteiger partial charge in [0, 0.05) is 0 Å². The highest BCUT2D eigenvalue weighted by Crippen LogP contribution is 2.21. The van der Waals surface area contributed by atoms with E-state index in [1.807, 2.05) is 0 Å². The van der Waals surface area contributed by atoms with E-state index in [1.54, 1.807) is 0 Å². The van der Waals surface area contributed by atoms with Crippen LogP contribution < -0.4 is 5.73 Å². The predicted molar refractivity (Wildman–Crippen MR) is 62.4 cm³/mol. The summed E-state index contributed by atoms with van der Waals surface area (Å²) in [6.45, 7) is 9.32. The van der Waals surface area contributed by atoms with E-state index in [0.29, 0.717) is 5.41 Å². The van der Waals surface area contributed by atoms with Gasteiger partial charge in [-0.3, -0.25) is 0 Å². The highest BCUT2D eigenvalue weighted by atomic mass is 15.1. The molecule has 1 aliphatic heterocycles. The van der Waals surface area contributed by atoms with E-state index in [2.05, 4.69) is 18.7 Å². The monoisotopic (exact) mass is 198 g/mol. The summed E-state index contributed by atoms with van der Waals surface area (Å²) in [4.78, 5) is 2.59. The van der Waals surface area contributed by atoms with Crippen molar-refractivity contribution in [2.45, 2.75) is 46.0 Å². The van der Waals surface area contributed by atoms with Gasteiger partial charge in [-0.15, -0.1) is 0 Å². The molecule has 0 aromatic heterocycles. The maximum atomic E-state index is 5.70. The lowest BCUT2D eigenvalue weighted by Gasteiger charge is -2.22. The van der Waals surface area contributed by atoms with Crippen molar-refractivity contribution in [2.75, 3.05) is 26.2 Å². The lowest BCUT2D eigenvalue weighted by atomic mass is 9.87. The summed E-state index contributed by atoms with van der Waals surface area (Å²) in [6.07, 6.45) is 6.78. The van der Waals surface area contributed by atoms with Gasteiger partial charge < -0.3 is 10.6 Å². The van der Waals surface area contributed by atoms with Gasteiger partial charge in [0.05, 0.1) is 0 Å². The average Bonchev–Trinajstić information content (AvgIpc) is 2.65. The molecule has 2 nitrogen and oxygen atoms in total. The Morgan fingerprint density at radius 2 is 1.79 bits per heavy atom. The fourth-order valence-corrected chi connectivity index (χ4v) is 2.05. The minimum atomic E-state index is 0.352. The predicted octanol–water partition coefficient (Wildman–Crippen LogP) is 2.24. The summed E-state index contributed by atoms with van der Waals surface area (Å²) in [5.41, 5.74) is 6.05. The number of hydrogen-bond acceptors (Lipinski definition) is 2. The van der Waals surface area contributed by atoms with Crippen molar-refractivity contribution in [3.8, 4) is 0 Å². The molecule has 84 valence electrons. The van der Waals surface area contributed by atoms with Gasteiger partial charge in [-0.2, -0.15) is 0 Å². The standard InChI is InChI=1S/C12H26N2/c1-12(2,11-13)7-3-4-8-14-9-5-6-10-14/h3-11,13H2,1-2H3. The first-order valence-electron chi connectivity index (χ1n) is 6.06. The highest BCUT2D eigenvalue weighted by molar-refractivity contribution is 4.70. The Morgan fingerprint density at radius 1 is 1.14 bits per heavy atom. The molecule has 1 aliphatic rings. The maximum Gasteiger partial charge on any atom is -0.00183 e. The summed E-state index contributed by atoms with van der Waals surface area (Å²) < 4.78 is 0. The van der Waals surface area contributed by atoms with Crippen LogP contribution in [-0.2, 0) is 0 Å². The van der Waals surface area contributed by atoms with Crippen LogP contribution in [0, 0.1) is 5.41 Å². The van der Waals surface area contributed by atoms with Gasteiger partial charge in [0.25, 0.3) is 0 Å². The Kier molecular flexibility index (Phi) is 4.90. The van der Waals surface area contributed by atoms with Crippen molar-refractivity contribution >= 4 is 0 Å². The zero-order valence-electron chi connectivity index (χ0n) is 9.89. The molecule has 0 unspecified atom stereocenters. The maximum absolute atomic E-state index is 5.70. The SMILES string of the molecule is CC(C)(CN)CCCCN1CCCC1. The normalized spacial score (nSPS) is 19.1. The van der Waals surface area contributed by atoms with Gasteiger partial charge in [0.15, 0.2) is 0 Å². The van der Waals surface area contributed by atoms with E-state index in [1.165, 1.54) is 51.7 Å². The minimum Gasteiger partial charge on any atom is -0.330 e. The van der Waals surface area contributed by atoms with Crippen LogP contribution in [0.15, 0.2) is 0 Å². The van der Waals surface area contributed by atoms with Crippen LogP contribution in [0.5, 0.6) is 0 Å². The first-order valence-corrected chi connectivity index (χ1v) is 6.06. The highest BCUT2D eigenvalue weighted by Gasteiger charge is 2.15. The zero-order chi connectivity index (χ0) is 10.4. The second-order valence-corrected chi connectivity index (χ2v) is 5.37. The topological polar surface area (TPSA) is 29.3 Å². The lowest BCUT2D eigenvalue weighted by Crippen LogP contribution is -2.24. The molecule has 2 N–H and O–H groups in total. The van der Waals surface area contributed by atoms with E-state index < -0.39 is 0 Å². The number of hydrogen-bond donors (Lipinski definition) is 1. The van der Waals surface area contributed by atoms with Crippen molar-refractivity contribution in [3.63, 3.8) is 0 Å². The van der Waals surface area contributed by atoms with Crippen molar-refractivity contribution in [3.05, 3.63) is 0 Å². The zero-order valence-corrected chi connectivity index (χ0v) is 9.89. The van der Waals surface area contributed by atoms with Crippen LogP contribution in [0.3, 0.4) is 0 Å². The summed E-state index contributed by atoms with van der Waals surface area (Å²) >= 11 is 0. The molecule has 0 radical (unpaired) electrons. The van der Waals surface area contributed by atoms with Gasteiger partial charge in [-0.25, -0.2) is 0 Å². The van der Waals surface area contributed by atoms with Crippen LogP contribution in [-0.4, -0.2) is 31.1 Å². The Labute approximate surface area is 88.8 Å². The fraction of sp³-hybridized carbons (Fsp3) is 1.00. The van der Waals surface area contributed by atoms with E-state index in [-0.39, 0.29) is 0 Å². The van der Waals surface area contributed by atoms with Crippen molar-refractivity contribution < 1.29 is 0 Å². The van der Waals surface area contributed by atoms with Crippen LogP contribution in [0.2, 0.25) is 0 Å². The molecule has 0 aromatic rings. The third-order valence-electron chi connectivity index (χ3n) is 3.33. The van der Waals surface area contributed by atoms with Gasteiger partial charge in [-0.05, 0) is 57.3 Å². The molecule has 1 fully saturated rings. The number of likely N-dealkylation sites (tertiary alicyclic amines) is 1. The molecule has 14 heavy (non-hydrogen) atoms. The molecule has 0 aromatic carbocycles. The van der Waals surface area contributed by atoms with E-state index >= 15 is 0 Å². The summed E-state index contributed by atoms with van der Waals surface area (Å²) in [5.74, 6) is 0. The van der Waals surface area contributed by atoms with E-state index in [0.717, 1.165) is 6.54 Å². The second kappa shape index (κ2) is 5.72. The van der Waals surface area contributed by atoms with Gasteiger partial charge in [0.1, 0.15) is 0 Å². The first-order chi connectivity index (χ1) is 6.64. The Morgan fingerprint density at radius 3 is 2.36 bits per heavy atom. The molecule has 1 rings (SSSR count). The van der Waals surface area contributed by atoms with Crippen LogP contribution in [0.1, 0.15) is 46.0 Å². The molecule has 1 saturated heterocycles. The number of nitrogens with zero attached hydrogens (tertiary/aromatic N) is 1. The molecule has 0 amide bonds. The molecule has 0 saturated carbocycles. The third-order valence-corrected chi connectivity index (χ3v) is 3.33. The number of unbranched alkanes of at least 4 members (excludes halogenated alkanes) is 1. The molecule has 0 atom stereocenters. The molecular formula is C12H26N2. The molecule has 1 heterocycles. The fourth-order valence-electron chi connectivity index (χ4n) is 2.05. The molecule has 0 aliphatic carbocycles. The smallest absolute Gasteiger partial charge is 0.00183 e. The van der Waals surface area contributed by atoms with Gasteiger partial charge in [0.2, 0.25) is 0 Å². The number of nitrogens with two attached hydrogens (primary N) is 1. The summed E-state index contributed by atoms with van der Waals surface area (Å²) in [6, 6.07) is 0. The Balaban J connectivity index is 1.98. The largest absolute Gasteiger partial charge is 0.330 e. The van der Waals surface area contributed by atoms with Gasteiger partial charge in [-0.1, -0.05) is 20.3 Å². The lowest BCUT2D eigenvalue weighted by molar-refractivity contribution is 0.295. The van der Waals surface area contributed by atoms with Gasteiger partial charge >= 0.3 is 0 Å². The average molecular weight is 198 g/mol. The third kappa shape index (κ3) is 4.43. The summed E-state index contributed by atoms with van der Waals surface area (Å²) in [5, 5.41) is 0. The molecule has 0 spiro atoms. The van der Waals surface area contributed by atoms with Crippen LogP contribution >= 0.6 is 0 Å². The quantitative estimate of drug-likeness (QED) is 0.663. The van der Waals surface area contributed by atoms with Crippen molar-refractivity contribution in [2.24, 2.45) is 11.1 Å². The summed E-state index contributed by atoms with van der Waals surface area (Å²) in [7, 11) is 0. The Bertz CT molecular complexity index is 148. The number of rotatable bonds is 6. The van der Waals surface area contributed by atoms with E-state index in [9.17, 15) is 0 Å². The molecular weight excluding hydrogens is 172 g/mol. The van der Waals surface area contributed by atoms with Crippen molar-refractivity contribution in [1.82, 2.24) is 4.90 Å². The minimum absolute atomic E-state index is 0.352. The molecule has 0 bridgehead atoms. The van der Waals surface area contributed by atoms with E-state index in [4.69, 9.17) is 5.73 Å². The van der Waals surface area contributed by atoms with Crippen LogP contribution in [0.25, 0.3) is 0 Å². The van der Waals surface area contributed by atoms with Crippen molar-refractivity contribution in [1.29, 1.82) is 0 Å². The first kappa shape index (κ1) is 12.0. The Hall–Kier alpha value is -0.0800. The molecule has 2 heteroatoms.